The van der Waals surface area contributed by atoms with Gasteiger partial charge in [-0.2, -0.15) is 0 Å². The minimum Gasteiger partial charge on any atom is -0.492 e. The Morgan fingerprint density at radius 2 is 1.78 bits per heavy atom. The average molecular weight is 364 g/mol. The van der Waals surface area contributed by atoms with Crippen molar-refractivity contribution in [1.29, 1.82) is 0 Å². The molecule has 2 aliphatic rings. The molecule has 1 amide bonds. The minimum absolute atomic E-state index is 0.0431. The molecular formula is C23H28N2O2. The molecule has 0 saturated carbocycles. The van der Waals surface area contributed by atoms with E-state index in [1.54, 1.807) is 0 Å². The van der Waals surface area contributed by atoms with Crippen LogP contribution in [0.15, 0.2) is 48.5 Å². The van der Waals surface area contributed by atoms with E-state index in [0.29, 0.717) is 13.2 Å². The quantitative estimate of drug-likeness (QED) is 0.879. The molecular weight excluding hydrogens is 336 g/mol. The number of nitrogens with one attached hydrogen (secondary N) is 1. The summed E-state index contributed by atoms with van der Waals surface area (Å²) in [5.74, 6) is 1.50. The van der Waals surface area contributed by atoms with Crippen molar-refractivity contribution in [3.8, 4) is 5.75 Å². The first-order valence-corrected chi connectivity index (χ1v) is 9.99. The van der Waals surface area contributed by atoms with Gasteiger partial charge in [-0.3, -0.25) is 9.69 Å². The summed E-state index contributed by atoms with van der Waals surface area (Å²) in [7, 11) is 0. The lowest BCUT2D eigenvalue weighted by molar-refractivity contribution is -0.122. The number of amides is 1. The monoisotopic (exact) mass is 364 g/mol. The van der Waals surface area contributed by atoms with Crippen molar-refractivity contribution in [3.05, 3.63) is 65.2 Å². The lowest BCUT2D eigenvalue weighted by Gasteiger charge is -2.30. The molecule has 142 valence electrons. The number of para-hydroxylation sites is 1. The van der Waals surface area contributed by atoms with Crippen molar-refractivity contribution in [2.45, 2.75) is 38.8 Å². The number of rotatable bonds is 5. The number of fused-ring (bicyclic) bond motifs is 1. The van der Waals surface area contributed by atoms with Gasteiger partial charge in [0.2, 0.25) is 5.91 Å². The molecule has 0 aromatic heterocycles. The fourth-order valence-corrected chi connectivity index (χ4v) is 4.03. The molecule has 0 spiro atoms. The first kappa shape index (κ1) is 18.1. The highest BCUT2D eigenvalue weighted by atomic mass is 16.5. The average Bonchev–Trinajstić information content (AvgIpc) is 3.13. The van der Waals surface area contributed by atoms with E-state index in [4.69, 9.17) is 4.74 Å². The molecule has 0 radical (unpaired) electrons. The van der Waals surface area contributed by atoms with E-state index in [-0.39, 0.29) is 11.8 Å². The van der Waals surface area contributed by atoms with Crippen LogP contribution in [0, 0.1) is 5.92 Å². The van der Waals surface area contributed by atoms with Crippen molar-refractivity contribution in [1.82, 2.24) is 10.2 Å². The third-order valence-electron chi connectivity index (χ3n) is 5.86. The first-order valence-electron chi connectivity index (χ1n) is 9.99. The van der Waals surface area contributed by atoms with Crippen LogP contribution in [0.25, 0.3) is 0 Å². The van der Waals surface area contributed by atoms with Crippen molar-refractivity contribution in [2.24, 2.45) is 5.92 Å². The van der Waals surface area contributed by atoms with Crippen molar-refractivity contribution < 1.29 is 9.53 Å². The molecule has 4 heteroatoms. The Hall–Kier alpha value is -2.33. The van der Waals surface area contributed by atoms with Crippen LogP contribution < -0.4 is 10.1 Å². The van der Waals surface area contributed by atoms with Crippen LogP contribution in [-0.4, -0.2) is 30.5 Å². The predicted molar refractivity (Wildman–Crippen MR) is 107 cm³/mol. The lowest BCUT2D eigenvalue weighted by Crippen LogP contribution is -2.33. The third kappa shape index (κ3) is 4.16. The van der Waals surface area contributed by atoms with Gasteiger partial charge in [-0.25, -0.2) is 0 Å². The van der Waals surface area contributed by atoms with Gasteiger partial charge in [0.25, 0.3) is 0 Å². The number of carbonyl (C=O) groups is 1. The fraction of sp³-hybridized carbons (Fsp3) is 0.435. The summed E-state index contributed by atoms with van der Waals surface area (Å²) in [5, 5.41) is 3.13. The smallest absolute Gasteiger partial charge is 0.231 e. The maximum Gasteiger partial charge on any atom is 0.231 e. The van der Waals surface area contributed by atoms with Gasteiger partial charge in [0, 0.05) is 18.7 Å². The molecule has 1 N–H and O–H groups in total. The summed E-state index contributed by atoms with van der Waals surface area (Å²) >= 11 is 0. The summed E-state index contributed by atoms with van der Waals surface area (Å²) in [6.45, 7) is 6.63. The van der Waals surface area contributed by atoms with E-state index < -0.39 is 0 Å². The van der Waals surface area contributed by atoms with Crippen LogP contribution in [0.5, 0.6) is 5.75 Å². The van der Waals surface area contributed by atoms with Gasteiger partial charge < -0.3 is 10.1 Å². The molecule has 2 aromatic carbocycles. The zero-order valence-electron chi connectivity index (χ0n) is 16.0. The molecule has 27 heavy (non-hydrogen) atoms. The Labute approximate surface area is 161 Å². The summed E-state index contributed by atoms with van der Waals surface area (Å²) in [5.41, 5.74) is 3.51. The van der Waals surface area contributed by atoms with Crippen LogP contribution in [-0.2, 0) is 17.9 Å². The number of carbonyl (C=O) groups excluding carboxylic acids is 1. The second kappa shape index (κ2) is 8.13. The van der Waals surface area contributed by atoms with Gasteiger partial charge in [-0.15, -0.1) is 0 Å². The number of piperidine rings is 1. The van der Waals surface area contributed by atoms with E-state index in [2.05, 4.69) is 41.4 Å². The topological polar surface area (TPSA) is 41.6 Å². The highest BCUT2D eigenvalue weighted by Crippen LogP contribution is 2.33. The van der Waals surface area contributed by atoms with Crippen LogP contribution in [0.3, 0.4) is 0 Å². The Kier molecular flexibility index (Phi) is 5.44. The van der Waals surface area contributed by atoms with E-state index in [1.807, 2.05) is 24.3 Å². The number of likely N-dealkylation sites (tertiary alicyclic amines) is 1. The second-order valence-electron chi connectivity index (χ2n) is 7.85. The van der Waals surface area contributed by atoms with Crippen LogP contribution in [0.1, 0.15) is 42.4 Å². The molecule has 4 rings (SSSR count). The van der Waals surface area contributed by atoms with Gasteiger partial charge in [0.1, 0.15) is 18.3 Å². The lowest BCUT2D eigenvalue weighted by atomic mass is 9.98. The standard InChI is InChI=1S/C23H28N2O2/c1-17-10-12-25(13-11-17)15-19-7-3-2-6-18(19)14-24-23(26)21-16-27-22-9-5-4-8-20(21)22/h2-9,17,21H,10-16H2,1H3,(H,24,26). The normalized spacial score (nSPS) is 20.1. The number of hydrogen-bond acceptors (Lipinski definition) is 3. The molecule has 0 bridgehead atoms. The number of hydrogen-bond donors (Lipinski definition) is 1. The first-order chi connectivity index (χ1) is 13.2. The van der Waals surface area contributed by atoms with Gasteiger partial charge >= 0.3 is 0 Å². The van der Waals surface area contributed by atoms with Gasteiger partial charge in [-0.1, -0.05) is 49.4 Å². The molecule has 2 aromatic rings. The zero-order valence-corrected chi connectivity index (χ0v) is 16.0. The SMILES string of the molecule is CC1CCN(Cc2ccccc2CNC(=O)C2COc3ccccc32)CC1. The minimum atomic E-state index is -0.211. The molecule has 4 nitrogen and oxygen atoms in total. The van der Waals surface area contributed by atoms with E-state index >= 15 is 0 Å². The summed E-state index contributed by atoms with van der Waals surface area (Å²) in [6, 6.07) is 16.3. The van der Waals surface area contributed by atoms with Gasteiger partial charge in [-0.05, 0) is 49.0 Å². The predicted octanol–water partition coefficient (Wildman–Crippen LogP) is 3.71. The Bertz CT molecular complexity index is 796. The Morgan fingerprint density at radius 1 is 1.07 bits per heavy atom. The molecule has 1 atom stereocenters. The summed E-state index contributed by atoms with van der Waals surface area (Å²) in [6.07, 6.45) is 2.56. The molecule has 1 unspecified atom stereocenters. The van der Waals surface area contributed by atoms with Crippen molar-refractivity contribution in [3.63, 3.8) is 0 Å². The van der Waals surface area contributed by atoms with Crippen LogP contribution in [0.4, 0.5) is 0 Å². The molecule has 2 aliphatic heterocycles. The summed E-state index contributed by atoms with van der Waals surface area (Å²) < 4.78 is 5.65. The Morgan fingerprint density at radius 3 is 2.59 bits per heavy atom. The van der Waals surface area contributed by atoms with Crippen molar-refractivity contribution in [2.75, 3.05) is 19.7 Å². The van der Waals surface area contributed by atoms with E-state index in [1.165, 1.54) is 24.0 Å². The zero-order chi connectivity index (χ0) is 18.6. The highest BCUT2D eigenvalue weighted by Gasteiger charge is 2.29. The van der Waals surface area contributed by atoms with Gasteiger partial charge in [0.15, 0.2) is 0 Å². The number of ether oxygens (including phenoxy) is 1. The molecule has 1 fully saturated rings. The highest BCUT2D eigenvalue weighted by molar-refractivity contribution is 5.85. The molecule has 0 aliphatic carbocycles. The Balaban J connectivity index is 1.38. The number of benzene rings is 2. The van der Waals surface area contributed by atoms with Crippen LogP contribution >= 0.6 is 0 Å². The maximum absolute atomic E-state index is 12.7. The van der Waals surface area contributed by atoms with E-state index in [9.17, 15) is 4.79 Å². The fourth-order valence-electron chi connectivity index (χ4n) is 4.03. The van der Waals surface area contributed by atoms with Crippen LogP contribution in [0.2, 0.25) is 0 Å². The summed E-state index contributed by atoms with van der Waals surface area (Å²) in [4.78, 5) is 15.2. The number of nitrogens with zero attached hydrogens (tertiary/aromatic N) is 1. The molecule has 2 heterocycles. The van der Waals surface area contributed by atoms with E-state index in [0.717, 1.165) is 36.9 Å². The third-order valence-corrected chi connectivity index (χ3v) is 5.86. The largest absolute Gasteiger partial charge is 0.492 e. The van der Waals surface area contributed by atoms with Gasteiger partial charge in [0.05, 0.1) is 0 Å². The maximum atomic E-state index is 12.7. The van der Waals surface area contributed by atoms with Crippen molar-refractivity contribution >= 4 is 5.91 Å². The second-order valence-corrected chi connectivity index (χ2v) is 7.85. The molecule has 1 saturated heterocycles.